The van der Waals surface area contributed by atoms with Crippen LogP contribution in [0.3, 0.4) is 0 Å². The Morgan fingerprint density at radius 2 is 1.84 bits per heavy atom. The molecule has 2 aromatic carbocycles. The minimum Gasteiger partial charge on any atom is -0.478 e. The van der Waals surface area contributed by atoms with Gasteiger partial charge >= 0.3 is 5.97 Å². The van der Waals surface area contributed by atoms with Crippen molar-refractivity contribution < 1.29 is 14.7 Å². The Morgan fingerprint density at radius 3 is 2.45 bits per heavy atom. The second-order valence-corrected chi connectivity index (χ2v) is 9.12. The number of aromatic nitrogens is 2. The second kappa shape index (κ2) is 12.2. The Bertz CT molecular complexity index is 1420. The van der Waals surface area contributed by atoms with Crippen LogP contribution in [0.1, 0.15) is 21.5 Å². The molecular weight excluding hydrogens is 512 g/mol. The van der Waals surface area contributed by atoms with Gasteiger partial charge in [0.05, 0.1) is 11.3 Å². The van der Waals surface area contributed by atoms with Gasteiger partial charge in [-0.05, 0) is 37.9 Å². The maximum absolute atomic E-state index is 13.4. The number of hydrogen-bond acceptors (Lipinski definition) is 8. The van der Waals surface area contributed by atoms with E-state index in [9.17, 15) is 19.5 Å². The number of halogens is 1. The summed E-state index contributed by atoms with van der Waals surface area (Å²) in [5.41, 5.74) is 12.4. The summed E-state index contributed by atoms with van der Waals surface area (Å²) in [5, 5.41) is 22.5. The first-order valence-electron chi connectivity index (χ1n) is 11.5. The summed E-state index contributed by atoms with van der Waals surface area (Å²) in [6, 6.07) is 10.8. The van der Waals surface area contributed by atoms with Crippen LogP contribution in [0.4, 0.5) is 11.5 Å². The van der Waals surface area contributed by atoms with E-state index in [1.54, 1.807) is 24.3 Å². The lowest BCUT2D eigenvalue weighted by molar-refractivity contribution is -0.121. The number of amides is 1. The highest BCUT2D eigenvalue weighted by molar-refractivity contribution is 6.32. The summed E-state index contributed by atoms with van der Waals surface area (Å²) in [4.78, 5) is 44.0. The van der Waals surface area contributed by atoms with Gasteiger partial charge in [-0.25, -0.2) is 9.78 Å². The molecule has 3 rings (SSSR count). The van der Waals surface area contributed by atoms with Gasteiger partial charge < -0.3 is 32.1 Å². The average Bonchev–Trinajstić information content (AvgIpc) is 2.85. The number of nitrogen functional groups attached to an aromatic ring is 2. The van der Waals surface area contributed by atoms with Crippen LogP contribution in [-0.2, 0) is 17.9 Å². The van der Waals surface area contributed by atoms with E-state index in [4.69, 9.17) is 28.5 Å². The fourth-order valence-electron chi connectivity index (χ4n) is 3.59. The van der Waals surface area contributed by atoms with Gasteiger partial charge in [0.15, 0.2) is 11.0 Å². The van der Waals surface area contributed by atoms with Gasteiger partial charge in [0, 0.05) is 36.4 Å². The summed E-state index contributed by atoms with van der Waals surface area (Å²) < 4.78 is 1.14. The van der Waals surface area contributed by atoms with E-state index in [1.807, 2.05) is 19.0 Å². The molecule has 0 spiro atoms. The van der Waals surface area contributed by atoms with Crippen LogP contribution in [0.2, 0.25) is 5.15 Å². The van der Waals surface area contributed by atoms with Crippen LogP contribution in [0.25, 0.3) is 11.3 Å². The summed E-state index contributed by atoms with van der Waals surface area (Å²) in [6.45, 7) is 0.756. The second-order valence-electron chi connectivity index (χ2n) is 8.76. The molecule has 0 aliphatic rings. The summed E-state index contributed by atoms with van der Waals surface area (Å²) in [7, 11) is 3.75. The molecule has 0 aliphatic heterocycles. The number of anilines is 2. The highest BCUT2D eigenvalue weighted by atomic mass is 35.5. The van der Waals surface area contributed by atoms with Gasteiger partial charge in [-0.3, -0.25) is 19.6 Å². The number of nitrogens with two attached hydrogens (primary N) is 2. The third kappa shape index (κ3) is 7.08. The highest BCUT2D eigenvalue weighted by Gasteiger charge is 2.21. The van der Waals surface area contributed by atoms with E-state index in [0.29, 0.717) is 18.7 Å². The molecule has 0 atom stereocenters. The van der Waals surface area contributed by atoms with Crippen LogP contribution in [0.15, 0.2) is 47.3 Å². The molecule has 1 aromatic heterocycles. The Morgan fingerprint density at radius 1 is 1.16 bits per heavy atom. The van der Waals surface area contributed by atoms with E-state index in [1.165, 1.54) is 18.2 Å². The molecule has 3 aromatic rings. The molecule has 0 aliphatic carbocycles. The molecule has 0 saturated carbocycles. The fourth-order valence-corrected chi connectivity index (χ4v) is 3.89. The van der Waals surface area contributed by atoms with Crippen molar-refractivity contribution in [3.05, 3.63) is 74.7 Å². The topological polar surface area (TPSA) is 192 Å². The number of carbonyl (C=O) groups excluding carboxylic acids is 1. The molecule has 8 N–H and O–H groups in total. The predicted molar refractivity (Wildman–Crippen MR) is 147 cm³/mol. The Kier molecular flexibility index (Phi) is 9.05. The molecule has 0 saturated heterocycles. The summed E-state index contributed by atoms with van der Waals surface area (Å²) in [5.74, 6) is -1.82. The first-order chi connectivity index (χ1) is 18.0. The molecule has 0 unspecified atom stereocenters. The van der Waals surface area contributed by atoms with Crippen molar-refractivity contribution in [1.29, 1.82) is 5.41 Å². The van der Waals surface area contributed by atoms with Crippen molar-refractivity contribution in [2.75, 3.05) is 38.2 Å². The van der Waals surface area contributed by atoms with E-state index >= 15 is 0 Å². The van der Waals surface area contributed by atoms with Crippen molar-refractivity contribution in [3.63, 3.8) is 0 Å². The number of rotatable bonds is 11. The van der Waals surface area contributed by atoms with Crippen LogP contribution < -0.4 is 27.7 Å². The van der Waals surface area contributed by atoms with Crippen molar-refractivity contribution in [2.24, 2.45) is 5.73 Å². The number of benzene rings is 2. The Hall–Kier alpha value is -4.42. The van der Waals surface area contributed by atoms with Crippen LogP contribution in [0, 0.1) is 5.41 Å². The molecular formula is C25H29ClN8O4. The molecule has 0 fully saturated rings. The van der Waals surface area contributed by atoms with Crippen molar-refractivity contribution in [1.82, 2.24) is 19.8 Å². The number of amidine groups is 1. The minimum atomic E-state index is -1.22. The quantitative estimate of drug-likeness (QED) is 0.118. The maximum atomic E-state index is 13.4. The van der Waals surface area contributed by atoms with E-state index < -0.39 is 24.0 Å². The molecule has 0 radical (unpaired) electrons. The Labute approximate surface area is 223 Å². The first kappa shape index (κ1) is 28.2. The predicted octanol–water partition coefficient (Wildman–Crippen LogP) is 1.42. The van der Waals surface area contributed by atoms with Gasteiger partial charge in [-0.2, -0.15) is 0 Å². The van der Waals surface area contributed by atoms with Crippen molar-refractivity contribution in [3.8, 4) is 11.3 Å². The third-order valence-electron chi connectivity index (χ3n) is 5.51. The molecule has 0 bridgehead atoms. The zero-order valence-corrected chi connectivity index (χ0v) is 21.7. The van der Waals surface area contributed by atoms with Crippen LogP contribution in [-0.4, -0.2) is 64.5 Å². The molecule has 12 nitrogen and oxygen atoms in total. The SMILES string of the molecule is CN(C)CCNc1nc(Cl)c(-c2cc(N)cc(C(=O)O)c2)n(CC(=O)NCc2ccc(C(=N)N)cc2)c1=O. The van der Waals surface area contributed by atoms with E-state index in [2.05, 4.69) is 15.6 Å². The Balaban J connectivity index is 1.96. The lowest BCUT2D eigenvalue weighted by atomic mass is 10.1. The van der Waals surface area contributed by atoms with E-state index in [0.717, 1.165) is 10.1 Å². The van der Waals surface area contributed by atoms with Gasteiger partial charge in [0.2, 0.25) is 5.91 Å². The largest absolute Gasteiger partial charge is 0.478 e. The van der Waals surface area contributed by atoms with Gasteiger partial charge in [0.25, 0.3) is 5.56 Å². The van der Waals surface area contributed by atoms with Crippen LogP contribution in [0.5, 0.6) is 0 Å². The summed E-state index contributed by atoms with van der Waals surface area (Å²) >= 11 is 6.49. The van der Waals surface area contributed by atoms with Crippen molar-refractivity contribution in [2.45, 2.75) is 13.1 Å². The number of carbonyl (C=O) groups is 2. The lowest BCUT2D eigenvalue weighted by Crippen LogP contribution is -2.35. The first-order valence-corrected chi connectivity index (χ1v) is 11.9. The van der Waals surface area contributed by atoms with Gasteiger partial charge in [-0.15, -0.1) is 0 Å². The third-order valence-corrected chi connectivity index (χ3v) is 5.77. The number of carboxylic acid groups (broad SMARTS) is 1. The number of likely N-dealkylation sites (N-methyl/N-ethyl adjacent to an activating group) is 1. The average molecular weight is 541 g/mol. The normalized spacial score (nSPS) is 10.8. The van der Waals surface area contributed by atoms with Crippen molar-refractivity contribution >= 4 is 40.8 Å². The summed E-state index contributed by atoms with van der Waals surface area (Å²) in [6.07, 6.45) is 0. The smallest absolute Gasteiger partial charge is 0.335 e. The molecule has 1 amide bonds. The highest BCUT2D eigenvalue weighted by Crippen LogP contribution is 2.29. The monoisotopic (exact) mass is 540 g/mol. The molecule has 1 heterocycles. The maximum Gasteiger partial charge on any atom is 0.335 e. The minimum absolute atomic E-state index is 0.0458. The van der Waals surface area contributed by atoms with Crippen LogP contribution >= 0.6 is 11.6 Å². The molecule has 38 heavy (non-hydrogen) atoms. The number of hydrogen-bond donors (Lipinski definition) is 6. The van der Waals surface area contributed by atoms with Gasteiger partial charge in [-0.1, -0.05) is 35.9 Å². The zero-order valence-electron chi connectivity index (χ0n) is 20.9. The lowest BCUT2D eigenvalue weighted by Gasteiger charge is -2.18. The number of nitrogens with zero attached hydrogens (tertiary/aromatic N) is 3. The number of nitrogens with one attached hydrogen (secondary N) is 3. The van der Waals surface area contributed by atoms with Gasteiger partial charge in [0.1, 0.15) is 12.4 Å². The number of carboxylic acids is 1. The molecule has 200 valence electrons. The van der Waals surface area contributed by atoms with E-state index in [-0.39, 0.29) is 45.9 Å². The molecule has 13 heteroatoms. The number of aromatic carboxylic acids is 1. The zero-order chi connectivity index (χ0) is 28.0. The standard InChI is InChI=1S/C25H29ClN8O4/c1-33(2)8-7-30-23-24(36)34(13-19(35)31-12-14-3-5-15(6-4-14)22(28)29)20(21(26)32-23)16-9-17(25(37)38)11-18(27)10-16/h3-6,9-11H,7-8,12-13,27H2,1-2H3,(H3,28,29)(H,30,32)(H,31,35)(H,37,38). The fraction of sp³-hybridized carbons (Fsp3) is 0.240.